The molecule has 1 rings (SSSR count). The molecule has 0 radical (unpaired) electrons. The second-order valence-corrected chi connectivity index (χ2v) is 2.84. The summed E-state index contributed by atoms with van der Waals surface area (Å²) in [6, 6.07) is 1.87. The van der Waals surface area contributed by atoms with Crippen LogP contribution in [0.5, 0.6) is 5.75 Å². The summed E-state index contributed by atoms with van der Waals surface area (Å²) >= 11 is 0. The van der Waals surface area contributed by atoms with Crippen molar-refractivity contribution in [3.05, 3.63) is 37.9 Å². The summed E-state index contributed by atoms with van der Waals surface area (Å²) in [5, 5.41) is 30.3. The number of nitro benzene ring substituents is 2. The lowest BCUT2D eigenvalue weighted by molar-refractivity contribution is -0.394. The first-order valence-corrected chi connectivity index (χ1v) is 4.12. The lowest BCUT2D eigenvalue weighted by Gasteiger charge is -2.02. The van der Waals surface area contributed by atoms with Crippen LogP contribution in [-0.4, -0.2) is 15.0 Å². The molecule has 0 aromatic heterocycles. The van der Waals surface area contributed by atoms with Crippen molar-refractivity contribution in [2.75, 3.05) is 0 Å². The topological polar surface area (TPSA) is 107 Å². The molecule has 15 heavy (non-hydrogen) atoms. The van der Waals surface area contributed by atoms with E-state index in [1.807, 2.05) is 0 Å². The summed E-state index contributed by atoms with van der Waals surface area (Å²) < 4.78 is 0. The molecular weight excluding hydrogens is 204 g/mol. The molecule has 0 atom stereocenters. The summed E-state index contributed by atoms with van der Waals surface area (Å²) in [6.07, 6.45) is 0.286. The maximum Gasteiger partial charge on any atom is 0.317 e. The molecule has 1 N–H and O–H groups in total. The molecule has 7 nitrogen and oxygen atoms in total. The molecule has 0 saturated carbocycles. The van der Waals surface area contributed by atoms with Crippen LogP contribution in [0.15, 0.2) is 12.1 Å². The van der Waals surface area contributed by atoms with E-state index in [1.54, 1.807) is 6.92 Å². The summed E-state index contributed by atoms with van der Waals surface area (Å²) in [4.78, 5) is 19.4. The van der Waals surface area contributed by atoms with Crippen LogP contribution in [-0.2, 0) is 6.42 Å². The Hall–Kier alpha value is -2.18. The van der Waals surface area contributed by atoms with Gasteiger partial charge in [-0.1, -0.05) is 6.92 Å². The third-order valence-electron chi connectivity index (χ3n) is 1.94. The van der Waals surface area contributed by atoms with Gasteiger partial charge in [-0.25, -0.2) is 0 Å². The number of phenolic OH excluding ortho intramolecular Hbond substituents is 1. The van der Waals surface area contributed by atoms with Gasteiger partial charge >= 0.3 is 5.69 Å². The highest BCUT2D eigenvalue weighted by molar-refractivity contribution is 5.57. The molecule has 7 heteroatoms. The van der Waals surface area contributed by atoms with Crippen LogP contribution in [0, 0.1) is 20.2 Å². The molecule has 0 saturated heterocycles. The minimum absolute atomic E-state index is 0.191. The molecule has 0 heterocycles. The maximum absolute atomic E-state index is 10.5. The normalized spacial score (nSPS) is 9.93. The minimum atomic E-state index is -0.846. The molecule has 0 amide bonds. The number of phenols is 1. The van der Waals surface area contributed by atoms with Crippen LogP contribution >= 0.6 is 0 Å². The number of benzene rings is 1. The highest BCUT2D eigenvalue weighted by Gasteiger charge is 2.22. The van der Waals surface area contributed by atoms with Crippen LogP contribution in [0.2, 0.25) is 0 Å². The quantitative estimate of drug-likeness (QED) is 0.606. The predicted octanol–water partition coefficient (Wildman–Crippen LogP) is 1.77. The number of aryl methyl sites for hydroxylation is 1. The lowest BCUT2D eigenvalue weighted by atomic mass is 10.1. The molecule has 0 aliphatic heterocycles. The van der Waals surface area contributed by atoms with Crippen LogP contribution in [0.4, 0.5) is 11.4 Å². The van der Waals surface area contributed by atoms with Gasteiger partial charge in [0.1, 0.15) is 0 Å². The Labute approximate surface area is 84.3 Å². The fraction of sp³-hybridized carbons (Fsp3) is 0.250. The minimum Gasteiger partial charge on any atom is -0.502 e. The first-order valence-electron chi connectivity index (χ1n) is 4.12. The molecule has 1 aromatic rings. The number of non-ortho nitro benzene ring substituents is 1. The lowest BCUT2D eigenvalue weighted by Crippen LogP contribution is -1.96. The van der Waals surface area contributed by atoms with E-state index in [0.29, 0.717) is 0 Å². The van der Waals surface area contributed by atoms with Crippen molar-refractivity contribution in [2.24, 2.45) is 0 Å². The van der Waals surface area contributed by atoms with E-state index in [1.165, 1.54) is 0 Å². The van der Waals surface area contributed by atoms with Gasteiger partial charge in [0.2, 0.25) is 0 Å². The molecule has 0 fully saturated rings. The molecule has 0 aliphatic carbocycles. The molecule has 0 spiro atoms. The second-order valence-electron chi connectivity index (χ2n) is 2.84. The number of nitrogens with zero attached hydrogens (tertiary/aromatic N) is 2. The van der Waals surface area contributed by atoms with Crippen LogP contribution in [0.3, 0.4) is 0 Å². The monoisotopic (exact) mass is 212 g/mol. The molecular formula is C8H8N2O5. The highest BCUT2D eigenvalue weighted by atomic mass is 16.6. The van der Waals surface area contributed by atoms with Crippen LogP contribution < -0.4 is 0 Å². The van der Waals surface area contributed by atoms with Crippen molar-refractivity contribution in [1.82, 2.24) is 0 Å². The fourth-order valence-corrected chi connectivity index (χ4v) is 1.18. The van der Waals surface area contributed by atoms with Crippen LogP contribution in [0.25, 0.3) is 0 Å². The first kappa shape index (κ1) is 10.9. The Kier molecular flexibility index (Phi) is 2.84. The van der Waals surface area contributed by atoms with E-state index in [4.69, 9.17) is 0 Å². The number of rotatable bonds is 3. The third-order valence-corrected chi connectivity index (χ3v) is 1.94. The van der Waals surface area contributed by atoms with Crippen molar-refractivity contribution in [3.8, 4) is 5.75 Å². The smallest absolute Gasteiger partial charge is 0.317 e. The standard InChI is InChI=1S/C8H8N2O5/c1-2-5-3-6(9(12)13)4-7(8(5)11)10(14)15/h3-4,11H,2H2,1H3. The second kappa shape index (κ2) is 3.91. The van der Waals surface area contributed by atoms with Gasteiger partial charge in [0.05, 0.1) is 15.9 Å². The zero-order valence-corrected chi connectivity index (χ0v) is 7.84. The fourth-order valence-electron chi connectivity index (χ4n) is 1.18. The Balaban J connectivity index is 3.45. The molecule has 0 unspecified atom stereocenters. The van der Waals surface area contributed by atoms with Crippen molar-refractivity contribution >= 4 is 11.4 Å². The van der Waals surface area contributed by atoms with Gasteiger partial charge in [0, 0.05) is 11.6 Å². The SMILES string of the molecule is CCc1cc([N+](=O)[O-])cc([N+](=O)[O-])c1O. The number of hydrogen-bond acceptors (Lipinski definition) is 5. The summed E-state index contributed by atoms with van der Waals surface area (Å²) in [5.41, 5.74) is -0.840. The van der Waals surface area contributed by atoms with Gasteiger partial charge < -0.3 is 5.11 Å². The average molecular weight is 212 g/mol. The van der Waals surface area contributed by atoms with Gasteiger partial charge in [-0.2, -0.15) is 0 Å². The summed E-state index contributed by atoms with van der Waals surface area (Å²) in [6.45, 7) is 1.64. The van der Waals surface area contributed by atoms with Crippen LogP contribution in [0.1, 0.15) is 12.5 Å². The molecule has 0 bridgehead atoms. The van der Waals surface area contributed by atoms with Gasteiger partial charge in [0.15, 0.2) is 5.75 Å². The first-order chi connectivity index (χ1) is 6.97. The maximum atomic E-state index is 10.5. The van der Waals surface area contributed by atoms with Crippen molar-refractivity contribution in [3.63, 3.8) is 0 Å². The van der Waals surface area contributed by atoms with Crippen molar-refractivity contribution in [2.45, 2.75) is 13.3 Å². The van der Waals surface area contributed by atoms with E-state index in [9.17, 15) is 25.3 Å². The predicted molar refractivity (Wildman–Crippen MR) is 50.8 cm³/mol. The Bertz CT molecular complexity index is 429. The highest BCUT2D eigenvalue weighted by Crippen LogP contribution is 2.34. The van der Waals surface area contributed by atoms with E-state index >= 15 is 0 Å². The molecule has 80 valence electrons. The zero-order valence-electron chi connectivity index (χ0n) is 7.84. The number of hydrogen-bond donors (Lipinski definition) is 1. The number of nitro groups is 2. The zero-order chi connectivity index (χ0) is 11.6. The van der Waals surface area contributed by atoms with Crippen molar-refractivity contribution in [1.29, 1.82) is 0 Å². The Morgan fingerprint density at radius 1 is 1.27 bits per heavy atom. The molecule has 1 aromatic carbocycles. The average Bonchev–Trinajstić information content (AvgIpc) is 2.17. The summed E-state index contributed by atoms with van der Waals surface area (Å²) in [5.74, 6) is -0.506. The third kappa shape index (κ3) is 2.01. The van der Waals surface area contributed by atoms with E-state index in [0.717, 1.165) is 12.1 Å². The van der Waals surface area contributed by atoms with Gasteiger partial charge in [-0.05, 0) is 6.42 Å². The Morgan fingerprint density at radius 2 is 1.87 bits per heavy atom. The van der Waals surface area contributed by atoms with E-state index in [-0.39, 0.29) is 12.0 Å². The van der Waals surface area contributed by atoms with E-state index in [2.05, 4.69) is 0 Å². The Morgan fingerprint density at radius 3 is 2.27 bits per heavy atom. The molecule has 0 aliphatic rings. The van der Waals surface area contributed by atoms with E-state index < -0.39 is 27.0 Å². The van der Waals surface area contributed by atoms with Gasteiger partial charge in [0.25, 0.3) is 5.69 Å². The van der Waals surface area contributed by atoms with Crippen molar-refractivity contribution < 1.29 is 15.0 Å². The largest absolute Gasteiger partial charge is 0.502 e. The van der Waals surface area contributed by atoms with Gasteiger partial charge in [-0.15, -0.1) is 0 Å². The number of aromatic hydroxyl groups is 1. The van der Waals surface area contributed by atoms with Gasteiger partial charge in [-0.3, -0.25) is 20.2 Å². The summed E-state index contributed by atoms with van der Waals surface area (Å²) in [7, 11) is 0.